The van der Waals surface area contributed by atoms with Crippen LogP contribution < -0.4 is 5.73 Å². The molecule has 4 rings (SSSR count). The average Bonchev–Trinajstić information content (AvgIpc) is 3.55. The molecule has 11 nitrogen and oxygen atoms in total. The maximum absolute atomic E-state index is 12.8. The van der Waals surface area contributed by atoms with E-state index in [0.717, 1.165) is 35.7 Å². The number of fused-ring (bicyclic) bond motifs is 1. The maximum Gasteiger partial charge on any atom is 0.374 e. The highest BCUT2D eigenvalue weighted by Crippen LogP contribution is 2.34. The molecule has 1 aliphatic carbocycles. The molecule has 0 radical (unpaired) electrons. The quantitative estimate of drug-likeness (QED) is 0.151. The van der Waals surface area contributed by atoms with E-state index in [-0.39, 0.29) is 12.4 Å². The summed E-state index contributed by atoms with van der Waals surface area (Å²) < 4.78 is 17.7. The number of nitrogens with two attached hydrogens (primary N) is 1. The molecule has 1 fully saturated rings. The number of hydrogen-bond acceptors (Lipinski definition) is 9. The number of benzene rings is 1. The van der Waals surface area contributed by atoms with Gasteiger partial charge in [0.05, 0.1) is 11.8 Å². The van der Waals surface area contributed by atoms with Gasteiger partial charge < -0.3 is 45.2 Å². The molecule has 38 heavy (non-hydrogen) atoms. The highest BCUT2D eigenvalue weighted by molar-refractivity contribution is 5.85. The summed E-state index contributed by atoms with van der Waals surface area (Å²) in [5, 5.41) is 34.1. The fraction of sp³-hybridized carbons (Fsp3) is 0.556. The highest BCUT2D eigenvalue weighted by atomic mass is 16.6. The number of aliphatic hydroxyl groups excluding tert-OH is 3. The number of hydrogen-bond donors (Lipinski definition) is 6. The number of unbranched alkanes of at least 4 members (excludes halogenated alkanes) is 3. The topological polar surface area (TPSA) is 176 Å². The average molecular weight is 531 g/mol. The summed E-state index contributed by atoms with van der Waals surface area (Å²) in [7, 11) is 0. The van der Waals surface area contributed by atoms with Gasteiger partial charge in [-0.25, -0.2) is 9.78 Å². The number of carbonyl (C=O) groups excluding carboxylic acids is 1. The van der Waals surface area contributed by atoms with Crippen molar-refractivity contribution < 1.29 is 34.3 Å². The van der Waals surface area contributed by atoms with Crippen molar-refractivity contribution in [3.8, 4) is 0 Å². The van der Waals surface area contributed by atoms with Gasteiger partial charge in [-0.3, -0.25) is 0 Å². The van der Waals surface area contributed by atoms with Crippen LogP contribution in [0.15, 0.2) is 36.7 Å². The number of aromatic amines is 2. The number of aromatic nitrogens is 3. The first-order chi connectivity index (χ1) is 18.3. The van der Waals surface area contributed by atoms with Gasteiger partial charge >= 0.3 is 5.97 Å². The zero-order valence-corrected chi connectivity index (χ0v) is 21.7. The van der Waals surface area contributed by atoms with Crippen molar-refractivity contribution in [1.82, 2.24) is 15.0 Å². The molecule has 11 heteroatoms. The number of esters is 1. The van der Waals surface area contributed by atoms with Crippen LogP contribution in [0.25, 0.3) is 10.9 Å². The molecule has 1 aromatic carbocycles. The maximum atomic E-state index is 12.8. The molecule has 0 aliphatic heterocycles. The first-order valence-electron chi connectivity index (χ1n) is 13.1. The second kappa shape index (κ2) is 12.8. The number of ether oxygens (including phenoxy) is 3. The number of rotatable bonds is 12. The monoisotopic (exact) mass is 530 g/mol. The first kappa shape index (κ1) is 28.2. The predicted molar refractivity (Wildman–Crippen MR) is 139 cm³/mol. The summed E-state index contributed by atoms with van der Waals surface area (Å²) in [5.41, 5.74) is 7.87. The van der Waals surface area contributed by atoms with E-state index >= 15 is 0 Å². The summed E-state index contributed by atoms with van der Waals surface area (Å²) in [6.07, 6.45) is -1.91. The molecule has 0 bridgehead atoms. The molecule has 208 valence electrons. The lowest BCUT2D eigenvalue weighted by Gasteiger charge is -2.45. The van der Waals surface area contributed by atoms with Crippen LogP contribution in [0.4, 0.5) is 0 Å². The molecule has 0 amide bonds. The third-order valence-electron chi connectivity index (χ3n) is 6.99. The molecule has 0 saturated heterocycles. The van der Waals surface area contributed by atoms with Crippen molar-refractivity contribution in [3.63, 3.8) is 0 Å². The fourth-order valence-corrected chi connectivity index (χ4v) is 4.91. The molecule has 0 spiro atoms. The molecule has 2 aromatic heterocycles. The number of nitrogens with one attached hydrogen (secondary N) is 2. The van der Waals surface area contributed by atoms with Gasteiger partial charge in [0.15, 0.2) is 6.10 Å². The van der Waals surface area contributed by atoms with E-state index < -0.39 is 48.7 Å². The molecule has 7 atom stereocenters. The van der Waals surface area contributed by atoms with E-state index in [4.69, 9.17) is 19.9 Å². The summed E-state index contributed by atoms with van der Waals surface area (Å²) in [6.45, 7) is 4.42. The normalized spacial score (nSPS) is 26.5. The van der Waals surface area contributed by atoms with Crippen LogP contribution in [0.2, 0.25) is 0 Å². The van der Waals surface area contributed by atoms with Gasteiger partial charge in [-0.1, -0.05) is 31.0 Å². The number of nitrogens with zero attached hydrogens (tertiary/aromatic N) is 1. The van der Waals surface area contributed by atoms with Gasteiger partial charge in [-0.15, -0.1) is 0 Å². The highest BCUT2D eigenvalue weighted by Gasteiger charge is 2.53. The van der Waals surface area contributed by atoms with Crippen LogP contribution in [0.1, 0.15) is 60.6 Å². The van der Waals surface area contributed by atoms with Gasteiger partial charge in [0.1, 0.15) is 30.5 Å². The Morgan fingerprint density at radius 2 is 1.74 bits per heavy atom. The molecule has 7 unspecified atom stereocenters. The minimum absolute atomic E-state index is 0.0574. The number of para-hydroxylation sites is 1. The zero-order chi connectivity index (χ0) is 27.2. The Hall–Kier alpha value is -2.80. The second-order valence-electron chi connectivity index (χ2n) is 9.80. The summed E-state index contributed by atoms with van der Waals surface area (Å²) >= 11 is 0. The molecule has 1 aliphatic rings. The lowest BCUT2D eigenvalue weighted by atomic mass is 9.84. The predicted octanol–water partition coefficient (Wildman–Crippen LogP) is 1.87. The van der Waals surface area contributed by atoms with Gasteiger partial charge in [-0.2, -0.15) is 0 Å². The molecule has 1 saturated carbocycles. The van der Waals surface area contributed by atoms with Gasteiger partial charge in [0.2, 0.25) is 5.82 Å². The zero-order valence-electron chi connectivity index (χ0n) is 21.7. The van der Waals surface area contributed by atoms with E-state index in [1.165, 1.54) is 0 Å². The van der Waals surface area contributed by atoms with Crippen LogP contribution in [0.3, 0.4) is 0 Å². The number of imidazole rings is 1. The van der Waals surface area contributed by atoms with Crippen molar-refractivity contribution in [2.75, 3.05) is 13.2 Å². The molecule has 2 heterocycles. The third-order valence-corrected chi connectivity index (χ3v) is 6.99. The minimum atomic E-state index is -1.57. The van der Waals surface area contributed by atoms with Crippen LogP contribution >= 0.6 is 0 Å². The summed E-state index contributed by atoms with van der Waals surface area (Å²) in [6, 6.07) is 7.72. The smallest absolute Gasteiger partial charge is 0.374 e. The van der Waals surface area contributed by atoms with E-state index in [1.54, 1.807) is 13.1 Å². The van der Waals surface area contributed by atoms with Crippen LogP contribution in [-0.2, 0) is 14.2 Å². The number of aryl methyl sites for hydroxylation is 1. The molecular formula is C27H38N4O7. The van der Waals surface area contributed by atoms with Crippen molar-refractivity contribution in [3.05, 3.63) is 53.7 Å². The Morgan fingerprint density at radius 1 is 1.00 bits per heavy atom. The third kappa shape index (κ3) is 6.25. The summed E-state index contributed by atoms with van der Waals surface area (Å²) in [4.78, 5) is 22.8. The van der Waals surface area contributed by atoms with Crippen molar-refractivity contribution in [1.29, 1.82) is 0 Å². The van der Waals surface area contributed by atoms with Gasteiger partial charge in [0.25, 0.3) is 0 Å². The van der Waals surface area contributed by atoms with Crippen LogP contribution in [0, 0.1) is 6.92 Å². The van der Waals surface area contributed by atoms with Crippen LogP contribution in [0.5, 0.6) is 0 Å². The Kier molecular flexibility index (Phi) is 9.53. The minimum Gasteiger partial charge on any atom is -0.451 e. The molecule has 3 aromatic rings. The Bertz CT molecular complexity index is 1180. The standard InChI is InChI=1S/C27H38N4O7/c1-15-13-30-26(31-15)27(35)38-24-21(33)20(32)23(36-12-8-4-3-7-11-28)22(34)25(24)37-16(2)18-14-29-19-10-6-5-9-17(18)19/h5-6,9-10,13-14,16,20-25,29,32-34H,3-4,7-8,11-12,28H2,1-2H3,(H,30,31). The first-order valence-corrected chi connectivity index (χ1v) is 13.1. The van der Waals surface area contributed by atoms with Crippen molar-refractivity contribution >= 4 is 16.9 Å². The van der Waals surface area contributed by atoms with Crippen molar-refractivity contribution in [2.24, 2.45) is 5.73 Å². The Balaban J connectivity index is 1.54. The second-order valence-corrected chi connectivity index (χ2v) is 9.80. The van der Waals surface area contributed by atoms with E-state index in [1.807, 2.05) is 37.4 Å². The lowest BCUT2D eigenvalue weighted by molar-refractivity contribution is -0.253. The SMILES string of the molecule is Cc1c[nH]c(C(=O)OC2C(O)C(O)C(OCCCCCCN)C(O)C2OC(C)c2c[nH]c3ccccc23)n1. The van der Waals surface area contributed by atoms with Crippen molar-refractivity contribution in [2.45, 2.75) is 82.3 Å². The largest absolute Gasteiger partial charge is 0.451 e. The van der Waals surface area contributed by atoms with E-state index in [0.29, 0.717) is 18.7 Å². The lowest BCUT2D eigenvalue weighted by Crippen LogP contribution is -2.66. The van der Waals surface area contributed by atoms with E-state index in [9.17, 15) is 20.1 Å². The fourth-order valence-electron chi connectivity index (χ4n) is 4.91. The molecule has 7 N–H and O–H groups in total. The number of aliphatic hydroxyl groups is 3. The van der Waals surface area contributed by atoms with Crippen LogP contribution in [-0.4, -0.2) is 86.0 Å². The van der Waals surface area contributed by atoms with Gasteiger partial charge in [0, 0.05) is 35.5 Å². The van der Waals surface area contributed by atoms with Gasteiger partial charge in [-0.05, 0) is 39.3 Å². The number of carbonyl (C=O) groups is 1. The Labute approximate surface area is 221 Å². The number of H-pyrrole nitrogens is 2. The molecular weight excluding hydrogens is 492 g/mol. The Morgan fingerprint density at radius 3 is 2.47 bits per heavy atom. The summed E-state index contributed by atoms with van der Waals surface area (Å²) in [5.74, 6) is -0.896. The van der Waals surface area contributed by atoms with E-state index in [2.05, 4.69) is 15.0 Å².